The molecule has 2 aromatic heterocycles. The number of hydrogen-bond donors (Lipinski definition) is 0. The van der Waals surface area contributed by atoms with Crippen molar-refractivity contribution < 1.29 is 0 Å². The quantitative estimate of drug-likeness (QED) is 0.775. The zero-order chi connectivity index (χ0) is 12.4. The van der Waals surface area contributed by atoms with Crippen LogP contribution in [0.2, 0.25) is 0 Å². The highest BCUT2D eigenvalue weighted by atomic mass is 35.5. The Hall–Kier alpha value is -1.09. The zero-order valence-electron chi connectivity index (χ0n) is 10.5. The van der Waals surface area contributed by atoms with Gasteiger partial charge in [0.25, 0.3) is 0 Å². The van der Waals surface area contributed by atoms with Gasteiger partial charge >= 0.3 is 0 Å². The Morgan fingerprint density at radius 1 is 1.41 bits per heavy atom. The standard InChI is InChI=1S/C13H18ClN3/c1-4-9(2)10(3)17-12-5-6-15-8-11(12)16-13(17)7-14/h5-6,8-10H,4,7H2,1-3H3. The lowest BCUT2D eigenvalue weighted by Gasteiger charge is -2.22. The van der Waals surface area contributed by atoms with Gasteiger partial charge in [-0.1, -0.05) is 20.3 Å². The van der Waals surface area contributed by atoms with E-state index in [9.17, 15) is 0 Å². The molecule has 2 aromatic rings. The Balaban J connectivity index is 2.57. The Morgan fingerprint density at radius 3 is 2.82 bits per heavy atom. The van der Waals surface area contributed by atoms with Crippen molar-refractivity contribution in [2.75, 3.05) is 0 Å². The second-order valence-corrected chi connectivity index (χ2v) is 4.79. The smallest absolute Gasteiger partial charge is 0.125 e. The monoisotopic (exact) mass is 251 g/mol. The lowest BCUT2D eigenvalue weighted by Crippen LogP contribution is -2.15. The van der Waals surface area contributed by atoms with Crippen LogP contribution in [0.1, 0.15) is 39.1 Å². The number of rotatable bonds is 4. The second kappa shape index (κ2) is 5.05. The first kappa shape index (κ1) is 12.4. The van der Waals surface area contributed by atoms with Crippen LogP contribution in [0.25, 0.3) is 11.0 Å². The first-order chi connectivity index (χ1) is 8.19. The summed E-state index contributed by atoms with van der Waals surface area (Å²) in [7, 11) is 0. The zero-order valence-corrected chi connectivity index (χ0v) is 11.3. The number of imidazole rings is 1. The fourth-order valence-corrected chi connectivity index (χ4v) is 2.33. The molecule has 0 saturated carbocycles. The summed E-state index contributed by atoms with van der Waals surface area (Å²) in [6.07, 6.45) is 4.75. The van der Waals surface area contributed by atoms with Crippen molar-refractivity contribution in [2.45, 2.75) is 39.1 Å². The Morgan fingerprint density at radius 2 is 2.18 bits per heavy atom. The molecule has 2 unspecified atom stereocenters. The van der Waals surface area contributed by atoms with E-state index < -0.39 is 0 Å². The first-order valence-electron chi connectivity index (χ1n) is 6.05. The van der Waals surface area contributed by atoms with Crippen molar-refractivity contribution >= 4 is 22.6 Å². The minimum absolute atomic E-state index is 0.404. The summed E-state index contributed by atoms with van der Waals surface area (Å²) >= 11 is 5.99. The van der Waals surface area contributed by atoms with Gasteiger partial charge in [0.15, 0.2) is 0 Å². The maximum atomic E-state index is 5.99. The predicted octanol–water partition coefficient (Wildman–Crippen LogP) is 3.78. The van der Waals surface area contributed by atoms with Crippen molar-refractivity contribution in [1.29, 1.82) is 0 Å². The number of alkyl halides is 1. The van der Waals surface area contributed by atoms with Crippen molar-refractivity contribution in [3.8, 4) is 0 Å². The number of fused-ring (bicyclic) bond motifs is 1. The molecule has 0 radical (unpaired) electrons. The molecule has 0 bridgehead atoms. The third-order valence-corrected chi connectivity index (χ3v) is 3.80. The molecule has 0 saturated heterocycles. The molecular formula is C13H18ClN3. The molecule has 2 heterocycles. The minimum Gasteiger partial charge on any atom is -0.324 e. The van der Waals surface area contributed by atoms with Gasteiger partial charge in [-0.3, -0.25) is 4.98 Å². The van der Waals surface area contributed by atoms with Gasteiger partial charge < -0.3 is 4.57 Å². The number of hydrogen-bond acceptors (Lipinski definition) is 2. The molecule has 0 aliphatic heterocycles. The van der Waals surface area contributed by atoms with Crippen LogP contribution in [-0.4, -0.2) is 14.5 Å². The third kappa shape index (κ3) is 2.16. The summed E-state index contributed by atoms with van der Waals surface area (Å²) < 4.78 is 2.25. The average molecular weight is 252 g/mol. The molecule has 2 atom stereocenters. The van der Waals surface area contributed by atoms with E-state index >= 15 is 0 Å². The summed E-state index contributed by atoms with van der Waals surface area (Å²) in [5, 5.41) is 0. The Labute approximate surface area is 107 Å². The molecule has 4 heteroatoms. The van der Waals surface area contributed by atoms with Crippen LogP contribution in [0.5, 0.6) is 0 Å². The molecular weight excluding hydrogens is 234 g/mol. The van der Waals surface area contributed by atoms with E-state index in [1.54, 1.807) is 6.20 Å². The van der Waals surface area contributed by atoms with E-state index in [0.717, 1.165) is 23.3 Å². The summed E-state index contributed by atoms with van der Waals surface area (Å²) in [4.78, 5) is 8.64. The van der Waals surface area contributed by atoms with Crippen LogP contribution >= 0.6 is 11.6 Å². The normalized spacial score (nSPS) is 15.1. The molecule has 3 nitrogen and oxygen atoms in total. The third-order valence-electron chi connectivity index (χ3n) is 3.56. The topological polar surface area (TPSA) is 30.7 Å². The lowest BCUT2D eigenvalue weighted by atomic mass is 10.0. The van der Waals surface area contributed by atoms with Gasteiger partial charge in [-0.25, -0.2) is 4.98 Å². The molecule has 0 fully saturated rings. The van der Waals surface area contributed by atoms with Gasteiger partial charge in [0.05, 0.1) is 17.6 Å². The first-order valence-corrected chi connectivity index (χ1v) is 6.59. The highest BCUT2D eigenvalue weighted by molar-refractivity contribution is 6.16. The highest BCUT2D eigenvalue weighted by Crippen LogP contribution is 2.27. The van der Waals surface area contributed by atoms with Crippen LogP contribution in [0.15, 0.2) is 18.5 Å². The number of halogens is 1. The number of nitrogens with zero attached hydrogens (tertiary/aromatic N) is 3. The maximum Gasteiger partial charge on any atom is 0.125 e. The molecule has 0 amide bonds. The summed E-state index contributed by atoms with van der Waals surface area (Å²) in [5.74, 6) is 1.97. The van der Waals surface area contributed by atoms with Crippen molar-refractivity contribution in [2.24, 2.45) is 5.92 Å². The van der Waals surface area contributed by atoms with Crippen LogP contribution in [0.4, 0.5) is 0 Å². The molecule has 0 aliphatic carbocycles. The molecule has 0 aliphatic rings. The van der Waals surface area contributed by atoms with Gasteiger partial charge in [-0.2, -0.15) is 0 Å². The van der Waals surface area contributed by atoms with Crippen LogP contribution in [-0.2, 0) is 5.88 Å². The molecule has 0 N–H and O–H groups in total. The number of pyridine rings is 1. The Kier molecular flexibility index (Phi) is 3.67. The van der Waals surface area contributed by atoms with E-state index in [1.165, 1.54) is 0 Å². The maximum absolute atomic E-state index is 5.99. The van der Waals surface area contributed by atoms with Gasteiger partial charge in [0, 0.05) is 12.2 Å². The highest BCUT2D eigenvalue weighted by Gasteiger charge is 2.18. The van der Waals surface area contributed by atoms with Crippen LogP contribution < -0.4 is 0 Å². The summed E-state index contributed by atoms with van der Waals surface area (Å²) in [6.45, 7) is 6.70. The van der Waals surface area contributed by atoms with Gasteiger partial charge in [-0.15, -0.1) is 11.6 Å². The minimum atomic E-state index is 0.404. The molecule has 17 heavy (non-hydrogen) atoms. The summed E-state index contributed by atoms with van der Waals surface area (Å²) in [5.41, 5.74) is 2.06. The Bertz CT molecular complexity index is 506. The van der Waals surface area contributed by atoms with Crippen LogP contribution in [0, 0.1) is 5.92 Å². The van der Waals surface area contributed by atoms with E-state index in [2.05, 4.69) is 35.3 Å². The summed E-state index contributed by atoms with van der Waals surface area (Å²) in [6, 6.07) is 2.42. The fraction of sp³-hybridized carbons (Fsp3) is 0.538. The lowest BCUT2D eigenvalue weighted by molar-refractivity contribution is 0.371. The predicted molar refractivity (Wildman–Crippen MR) is 71.3 cm³/mol. The van der Waals surface area contributed by atoms with Crippen molar-refractivity contribution in [1.82, 2.24) is 14.5 Å². The van der Waals surface area contributed by atoms with E-state index in [1.807, 2.05) is 12.3 Å². The van der Waals surface area contributed by atoms with Gasteiger partial charge in [-0.05, 0) is 18.9 Å². The van der Waals surface area contributed by atoms with Crippen molar-refractivity contribution in [3.63, 3.8) is 0 Å². The van der Waals surface area contributed by atoms with E-state index in [0.29, 0.717) is 17.8 Å². The average Bonchev–Trinajstić information content (AvgIpc) is 2.75. The van der Waals surface area contributed by atoms with E-state index in [-0.39, 0.29) is 0 Å². The number of aromatic nitrogens is 3. The fourth-order valence-electron chi connectivity index (χ4n) is 2.14. The molecule has 2 rings (SSSR count). The SMILES string of the molecule is CCC(C)C(C)n1c(CCl)nc2cnccc21. The largest absolute Gasteiger partial charge is 0.324 e. The van der Waals surface area contributed by atoms with Crippen molar-refractivity contribution in [3.05, 3.63) is 24.3 Å². The van der Waals surface area contributed by atoms with Crippen LogP contribution in [0.3, 0.4) is 0 Å². The van der Waals surface area contributed by atoms with Gasteiger partial charge in [0.2, 0.25) is 0 Å². The van der Waals surface area contributed by atoms with E-state index in [4.69, 9.17) is 11.6 Å². The van der Waals surface area contributed by atoms with Gasteiger partial charge in [0.1, 0.15) is 11.3 Å². The molecule has 0 aromatic carbocycles. The second-order valence-electron chi connectivity index (χ2n) is 4.52. The molecule has 92 valence electrons. The molecule has 0 spiro atoms.